The fourth-order valence-electron chi connectivity index (χ4n) is 1.86. The zero-order valence-corrected chi connectivity index (χ0v) is 10.1. The summed E-state index contributed by atoms with van der Waals surface area (Å²) in [6, 6.07) is 16.6. The summed E-state index contributed by atoms with van der Waals surface area (Å²) in [5, 5.41) is 19.9. The third kappa shape index (κ3) is 2.99. The minimum absolute atomic E-state index is 0. The zero-order valence-electron chi connectivity index (χ0n) is 10.1. The molecular formula is C15H14InN3O. The van der Waals surface area contributed by atoms with Crippen molar-refractivity contribution in [2.24, 2.45) is 10.2 Å². The summed E-state index contributed by atoms with van der Waals surface area (Å²) in [5.74, 6) is 0.619. The standard InChI is InChI=1S/C15H11N3O.In.3H/c19-13-9-8-11-5-1-2-6-12(11)15(13)18-17-14-7-3-4-10-16-14;;;;/h1-10,19H;;;;. The molecule has 4 nitrogen and oxygen atoms in total. The Kier molecular flexibility index (Phi) is 4.74. The van der Waals surface area contributed by atoms with E-state index in [1.807, 2.05) is 42.5 Å². The molecule has 3 aromatic rings. The van der Waals surface area contributed by atoms with Crippen LogP contribution in [0.5, 0.6) is 5.75 Å². The molecule has 0 bridgehead atoms. The maximum atomic E-state index is 9.91. The van der Waals surface area contributed by atoms with Crippen LogP contribution in [0.1, 0.15) is 0 Å². The second-order valence-electron chi connectivity index (χ2n) is 4.04. The molecule has 1 aromatic heterocycles. The van der Waals surface area contributed by atoms with Gasteiger partial charge in [-0.25, -0.2) is 4.98 Å². The molecule has 0 aliphatic carbocycles. The summed E-state index contributed by atoms with van der Waals surface area (Å²) in [5.41, 5.74) is 0.462. The number of rotatable bonds is 2. The molecule has 1 N–H and O–H groups in total. The maximum absolute atomic E-state index is 9.91. The third-order valence-electron chi connectivity index (χ3n) is 2.78. The fraction of sp³-hybridized carbons (Fsp3) is 0. The van der Waals surface area contributed by atoms with Crippen LogP contribution in [-0.2, 0) is 0 Å². The van der Waals surface area contributed by atoms with Crippen molar-refractivity contribution in [1.82, 2.24) is 4.98 Å². The van der Waals surface area contributed by atoms with Gasteiger partial charge in [-0.1, -0.05) is 36.4 Å². The number of hydrogen-bond acceptors (Lipinski definition) is 4. The Morgan fingerprint density at radius 3 is 2.45 bits per heavy atom. The van der Waals surface area contributed by atoms with Gasteiger partial charge in [-0.3, -0.25) is 0 Å². The first-order valence-electron chi connectivity index (χ1n) is 5.88. The summed E-state index contributed by atoms with van der Waals surface area (Å²) in [6.45, 7) is 0. The van der Waals surface area contributed by atoms with E-state index in [1.165, 1.54) is 0 Å². The number of benzene rings is 2. The number of phenolic OH excluding ortho intramolecular Hbond substituents is 1. The SMILES string of the molecule is Oc1ccc2ccccc2c1N=Nc1ccccn1.[InH3]. The van der Waals surface area contributed by atoms with E-state index in [2.05, 4.69) is 15.2 Å². The van der Waals surface area contributed by atoms with Crippen molar-refractivity contribution in [2.75, 3.05) is 0 Å². The van der Waals surface area contributed by atoms with E-state index < -0.39 is 0 Å². The van der Waals surface area contributed by atoms with Crippen LogP contribution in [-0.4, -0.2) is 35.9 Å². The van der Waals surface area contributed by atoms with Gasteiger partial charge in [0.2, 0.25) is 0 Å². The molecule has 0 amide bonds. The molecule has 20 heavy (non-hydrogen) atoms. The van der Waals surface area contributed by atoms with Crippen molar-refractivity contribution < 1.29 is 5.11 Å². The first-order valence-corrected chi connectivity index (χ1v) is 5.88. The first-order chi connectivity index (χ1) is 9.34. The van der Waals surface area contributed by atoms with Gasteiger partial charge in [0.05, 0.1) is 0 Å². The van der Waals surface area contributed by atoms with Crippen molar-refractivity contribution >= 4 is 48.1 Å². The molecule has 0 aliphatic rings. The van der Waals surface area contributed by atoms with Gasteiger partial charge in [-0.2, -0.15) is 0 Å². The number of hydrogen-bond donors (Lipinski definition) is 1. The van der Waals surface area contributed by atoms with Gasteiger partial charge in [0.1, 0.15) is 11.4 Å². The Morgan fingerprint density at radius 1 is 0.850 bits per heavy atom. The molecule has 0 fully saturated rings. The number of aromatic nitrogens is 1. The van der Waals surface area contributed by atoms with E-state index in [0.717, 1.165) is 10.8 Å². The van der Waals surface area contributed by atoms with Crippen LogP contribution in [0.25, 0.3) is 10.8 Å². The Bertz CT molecular complexity index is 744. The van der Waals surface area contributed by atoms with Gasteiger partial charge < -0.3 is 5.11 Å². The van der Waals surface area contributed by atoms with Gasteiger partial charge in [-0.05, 0) is 23.6 Å². The van der Waals surface area contributed by atoms with Crippen molar-refractivity contribution in [3.8, 4) is 5.75 Å². The molecule has 0 saturated heterocycles. The Labute approximate surface area is 135 Å². The van der Waals surface area contributed by atoms with Crippen LogP contribution < -0.4 is 0 Å². The molecule has 0 saturated carbocycles. The summed E-state index contributed by atoms with van der Waals surface area (Å²) in [4.78, 5) is 4.06. The third-order valence-corrected chi connectivity index (χ3v) is 2.78. The molecule has 2 aromatic carbocycles. The Hall–Kier alpha value is -1.88. The van der Waals surface area contributed by atoms with Gasteiger partial charge in [-0.15, -0.1) is 10.2 Å². The van der Waals surface area contributed by atoms with E-state index in [1.54, 1.807) is 18.3 Å². The molecule has 0 aliphatic heterocycles. The summed E-state index contributed by atoms with van der Waals surface area (Å²) in [6.07, 6.45) is 1.65. The van der Waals surface area contributed by atoms with Crippen molar-refractivity contribution in [1.29, 1.82) is 0 Å². The topological polar surface area (TPSA) is 57.8 Å². The number of azo groups is 1. The number of nitrogens with zero attached hydrogens (tertiary/aromatic N) is 3. The second-order valence-corrected chi connectivity index (χ2v) is 4.04. The second kappa shape index (κ2) is 6.52. The quantitative estimate of drug-likeness (QED) is 0.708. The number of phenols is 1. The van der Waals surface area contributed by atoms with Crippen LogP contribution in [0.4, 0.5) is 11.5 Å². The van der Waals surface area contributed by atoms with Crippen LogP contribution in [0.3, 0.4) is 0 Å². The summed E-state index contributed by atoms with van der Waals surface area (Å²) >= 11 is 0. The van der Waals surface area contributed by atoms with Crippen LogP contribution in [0.15, 0.2) is 71.0 Å². The van der Waals surface area contributed by atoms with Crippen molar-refractivity contribution in [3.63, 3.8) is 0 Å². The van der Waals surface area contributed by atoms with Crippen LogP contribution >= 0.6 is 0 Å². The minimum atomic E-state index is 0. The van der Waals surface area contributed by atoms with E-state index >= 15 is 0 Å². The monoisotopic (exact) mass is 367 g/mol. The van der Waals surface area contributed by atoms with Gasteiger partial charge in [0.25, 0.3) is 0 Å². The predicted molar refractivity (Wildman–Crippen MR) is 84.0 cm³/mol. The Balaban J connectivity index is 0.00000147. The average molecular weight is 367 g/mol. The molecule has 1 heterocycles. The van der Waals surface area contributed by atoms with E-state index in [9.17, 15) is 5.11 Å². The average Bonchev–Trinajstić information content (AvgIpc) is 2.47. The van der Waals surface area contributed by atoms with Crippen molar-refractivity contribution in [2.45, 2.75) is 0 Å². The molecule has 5 heteroatoms. The number of pyridine rings is 1. The van der Waals surface area contributed by atoms with Gasteiger partial charge >= 0.3 is 25.8 Å². The first kappa shape index (κ1) is 14.5. The van der Waals surface area contributed by atoms with E-state index in [4.69, 9.17) is 0 Å². The molecule has 3 rings (SSSR count). The van der Waals surface area contributed by atoms with E-state index in [-0.39, 0.29) is 31.6 Å². The zero-order chi connectivity index (χ0) is 13.1. The predicted octanol–water partition coefficient (Wildman–Crippen LogP) is 3.17. The number of aromatic hydroxyl groups is 1. The summed E-state index contributed by atoms with van der Waals surface area (Å²) < 4.78 is 0. The molecule has 0 unspecified atom stereocenters. The van der Waals surface area contributed by atoms with Gasteiger partial charge in [0, 0.05) is 11.6 Å². The Morgan fingerprint density at radius 2 is 1.65 bits per heavy atom. The number of fused-ring (bicyclic) bond motifs is 1. The molecule has 0 atom stereocenters. The molecule has 0 spiro atoms. The normalized spacial score (nSPS) is 10.6. The van der Waals surface area contributed by atoms with Gasteiger partial charge in [0.15, 0.2) is 5.82 Å². The van der Waals surface area contributed by atoms with Crippen LogP contribution in [0.2, 0.25) is 0 Å². The van der Waals surface area contributed by atoms with Crippen LogP contribution in [0, 0.1) is 0 Å². The fourth-order valence-corrected chi connectivity index (χ4v) is 1.86. The summed E-state index contributed by atoms with van der Waals surface area (Å²) in [7, 11) is 0. The molecule has 0 radical (unpaired) electrons. The van der Waals surface area contributed by atoms with Crippen molar-refractivity contribution in [3.05, 3.63) is 60.8 Å². The molecular weight excluding hydrogens is 353 g/mol. The molecule has 98 valence electrons. The van der Waals surface area contributed by atoms with E-state index in [0.29, 0.717) is 11.5 Å².